The lowest BCUT2D eigenvalue weighted by molar-refractivity contribution is -0.134. The number of hydrogen-bond acceptors (Lipinski definition) is 3. The topological polar surface area (TPSA) is 27.7 Å². The van der Waals surface area contributed by atoms with E-state index in [0.29, 0.717) is 22.4 Å². The maximum Gasteiger partial charge on any atom is 0.464 e. The molecule has 1 aromatic carbocycles. The van der Waals surface area contributed by atoms with Crippen LogP contribution in [-0.2, 0) is 9.31 Å². The molecule has 3 saturated carbocycles. The lowest BCUT2D eigenvalue weighted by atomic mass is 9.24. The Hall–Kier alpha value is -0.415. The standard InChI is InChI=1S/C18H23BCl2O3.CH4/c1-15(2)16(3,4)24-19(23-15)18-8-17(9-18,10-18)11-22-14-6-5-12(20)7-13(14)21;/h5-7H,8-11H2,1-4H3;1H4. The second kappa shape index (κ2) is 5.79. The quantitative estimate of drug-likeness (QED) is 0.593. The third kappa shape index (κ3) is 2.90. The molecule has 1 heterocycles. The van der Waals surface area contributed by atoms with Crippen molar-refractivity contribution in [3.8, 4) is 5.75 Å². The van der Waals surface area contributed by atoms with Crippen molar-refractivity contribution in [1.82, 2.24) is 0 Å². The molecule has 3 nitrogen and oxygen atoms in total. The van der Waals surface area contributed by atoms with Crippen molar-refractivity contribution in [1.29, 1.82) is 0 Å². The van der Waals surface area contributed by atoms with E-state index < -0.39 is 0 Å². The molecule has 0 amide bonds. The minimum absolute atomic E-state index is 0. The molecular formula is C19H27BCl2O3. The summed E-state index contributed by atoms with van der Waals surface area (Å²) in [6, 6.07) is 5.35. The maximum atomic E-state index is 6.25. The van der Waals surface area contributed by atoms with Gasteiger partial charge in [-0.25, -0.2) is 0 Å². The van der Waals surface area contributed by atoms with Gasteiger partial charge in [0.1, 0.15) is 5.75 Å². The van der Waals surface area contributed by atoms with Crippen molar-refractivity contribution in [3.63, 3.8) is 0 Å². The molecule has 4 fully saturated rings. The van der Waals surface area contributed by atoms with Crippen molar-refractivity contribution in [2.75, 3.05) is 6.61 Å². The fourth-order valence-electron chi connectivity index (χ4n) is 4.40. The Morgan fingerprint density at radius 3 is 2.12 bits per heavy atom. The van der Waals surface area contributed by atoms with Crippen LogP contribution < -0.4 is 4.74 Å². The van der Waals surface area contributed by atoms with Gasteiger partial charge in [0.15, 0.2) is 0 Å². The van der Waals surface area contributed by atoms with E-state index in [4.69, 9.17) is 37.2 Å². The van der Waals surface area contributed by atoms with Crippen LogP contribution in [0.5, 0.6) is 5.75 Å². The Labute approximate surface area is 161 Å². The fraction of sp³-hybridized carbons (Fsp3) is 0.684. The van der Waals surface area contributed by atoms with E-state index in [9.17, 15) is 0 Å². The first kappa shape index (κ1) is 19.3. The van der Waals surface area contributed by atoms with E-state index in [1.54, 1.807) is 12.1 Å². The van der Waals surface area contributed by atoms with Crippen molar-refractivity contribution in [3.05, 3.63) is 28.2 Å². The van der Waals surface area contributed by atoms with E-state index in [-0.39, 0.29) is 36.5 Å². The predicted octanol–water partition coefficient (Wildman–Crippen LogP) is 6.02. The molecule has 4 aliphatic rings. The molecule has 0 N–H and O–H groups in total. The van der Waals surface area contributed by atoms with E-state index in [2.05, 4.69) is 27.7 Å². The van der Waals surface area contributed by atoms with Gasteiger partial charge in [0.2, 0.25) is 0 Å². The van der Waals surface area contributed by atoms with E-state index in [0.717, 1.165) is 19.3 Å². The van der Waals surface area contributed by atoms with Crippen LogP contribution in [0.4, 0.5) is 0 Å². The number of hydrogen-bond donors (Lipinski definition) is 0. The summed E-state index contributed by atoms with van der Waals surface area (Å²) in [6.45, 7) is 9.13. The average molecular weight is 385 g/mol. The molecule has 0 unspecified atom stereocenters. The molecule has 2 bridgehead atoms. The van der Waals surface area contributed by atoms with Gasteiger partial charge in [-0.15, -0.1) is 0 Å². The molecule has 0 aromatic heterocycles. The fourth-order valence-corrected chi connectivity index (χ4v) is 4.87. The summed E-state index contributed by atoms with van der Waals surface area (Å²) in [4.78, 5) is 0. The molecule has 5 rings (SSSR count). The van der Waals surface area contributed by atoms with Gasteiger partial charge < -0.3 is 14.0 Å². The maximum absolute atomic E-state index is 6.25. The monoisotopic (exact) mass is 384 g/mol. The summed E-state index contributed by atoms with van der Waals surface area (Å²) in [5.41, 5.74) is -0.256. The molecule has 1 aliphatic heterocycles. The van der Waals surface area contributed by atoms with Gasteiger partial charge in [-0.3, -0.25) is 0 Å². The molecule has 0 spiro atoms. The van der Waals surface area contributed by atoms with Gasteiger partial charge in [-0.2, -0.15) is 0 Å². The molecule has 1 saturated heterocycles. The van der Waals surface area contributed by atoms with Crippen molar-refractivity contribution in [2.45, 2.75) is 70.9 Å². The normalized spacial score (nSPS) is 33.9. The zero-order valence-electron chi connectivity index (χ0n) is 14.6. The lowest BCUT2D eigenvalue weighted by Crippen LogP contribution is -2.66. The van der Waals surface area contributed by atoms with Gasteiger partial charge in [-0.1, -0.05) is 30.6 Å². The van der Waals surface area contributed by atoms with Crippen LogP contribution in [-0.4, -0.2) is 24.9 Å². The summed E-state index contributed by atoms with van der Waals surface area (Å²) in [6.07, 6.45) is 3.30. The number of halogens is 2. The van der Waals surface area contributed by atoms with Crippen LogP contribution in [0, 0.1) is 5.41 Å². The van der Waals surface area contributed by atoms with Crippen molar-refractivity contribution >= 4 is 30.3 Å². The number of benzene rings is 1. The Balaban J connectivity index is 0.00000182. The predicted molar refractivity (Wildman–Crippen MR) is 104 cm³/mol. The van der Waals surface area contributed by atoms with Crippen molar-refractivity contribution in [2.24, 2.45) is 5.41 Å². The number of ether oxygens (including phenoxy) is 1. The van der Waals surface area contributed by atoms with E-state index >= 15 is 0 Å². The van der Waals surface area contributed by atoms with E-state index in [1.807, 2.05) is 6.07 Å². The second-order valence-electron chi connectivity index (χ2n) is 8.84. The van der Waals surface area contributed by atoms with Crippen LogP contribution in [0.1, 0.15) is 54.4 Å². The van der Waals surface area contributed by atoms with Gasteiger partial charge in [0.25, 0.3) is 0 Å². The third-order valence-corrected chi connectivity index (χ3v) is 6.89. The highest BCUT2D eigenvalue weighted by atomic mass is 35.5. The summed E-state index contributed by atoms with van der Waals surface area (Å²) < 4.78 is 18.5. The summed E-state index contributed by atoms with van der Waals surface area (Å²) >= 11 is 12.1. The lowest BCUT2D eigenvalue weighted by Gasteiger charge is -2.70. The highest BCUT2D eigenvalue weighted by molar-refractivity contribution is 6.51. The average Bonchev–Trinajstić information content (AvgIpc) is 2.57. The Kier molecular flexibility index (Phi) is 4.48. The van der Waals surface area contributed by atoms with Crippen LogP contribution >= 0.6 is 23.2 Å². The van der Waals surface area contributed by atoms with Gasteiger partial charge in [-0.05, 0) is 65.2 Å². The summed E-state index contributed by atoms with van der Waals surface area (Å²) in [5.74, 6) is 0.704. The van der Waals surface area contributed by atoms with E-state index in [1.165, 1.54) is 0 Å². The first-order valence-corrected chi connectivity index (χ1v) is 9.26. The minimum Gasteiger partial charge on any atom is -0.491 e. The molecule has 0 radical (unpaired) electrons. The molecule has 0 atom stereocenters. The van der Waals surface area contributed by atoms with Gasteiger partial charge in [0, 0.05) is 15.8 Å². The van der Waals surface area contributed by atoms with Crippen LogP contribution in [0.15, 0.2) is 18.2 Å². The summed E-state index contributed by atoms with van der Waals surface area (Å²) in [7, 11) is -0.0940. The Morgan fingerprint density at radius 2 is 1.60 bits per heavy atom. The highest BCUT2D eigenvalue weighted by Crippen LogP contribution is 2.80. The largest absolute Gasteiger partial charge is 0.491 e. The van der Waals surface area contributed by atoms with Crippen molar-refractivity contribution < 1.29 is 14.0 Å². The first-order chi connectivity index (χ1) is 11.1. The van der Waals surface area contributed by atoms with Crippen LogP contribution in [0.25, 0.3) is 0 Å². The first-order valence-electron chi connectivity index (χ1n) is 8.50. The smallest absolute Gasteiger partial charge is 0.464 e. The van der Waals surface area contributed by atoms with Crippen LogP contribution in [0.2, 0.25) is 15.4 Å². The molecular weight excluding hydrogens is 358 g/mol. The molecule has 1 aromatic rings. The summed E-state index contributed by atoms with van der Waals surface area (Å²) in [5, 5.41) is 1.37. The zero-order chi connectivity index (χ0) is 17.4. The van der Waals surface area contributed by atoms with Gasteiger partial charge in [0.05, 0.1) is 22.8 Å². The zero-order valence-corrected chi connectivity index (χ0v) is 16.1. The van der Waals surface area contributed by atoms with Crippen LogP contribution in [0.3, 0.4) is 0 Å². The molecule has 138 valence electrons. The SMILES string of the molecule is C.CC1(C)OB(C23CC(COc4ccc(Cl)cc4Cl)(C2)C3)OC1(C)C. The molecule has 6 heteroatoms. The Bertz CT molecular complexity index is 653. The number of rotatable bonds is 4. The second-order valence-corrected chi connectivity index (χ2v) is 9.69. The molecule has 25 heavy (non-hydrogen) atoms. The Morgan fingerprint density at radius 1 is 1.04 bits per heavy atom. The van der Waals surface area contributed by atoms with Gasteiger partial charge >= 0.3 is 7.12 Å². The highest BCUT2D eigenvalue weighted by Gasteiger charge is 2.76. The minimum atomic E-state index is -0.256. The molecule has 3 aliphatic carbocycles. The third-order valence-electron chi connectivity index (χ3n) is 6.36.